The molecular weight excluding hydrogens is 192 g/mol. The zero-order valence-electron chi connectivity index (χ0n) is 9.11. The first kappa shape index (κ1) is 11.3. The zero-order chi connectivity index (χ0) is 11.3. The monoisotopic (exact) mass is 206 g/mol. The molecule has 1 aromatic rings. The Morgan fingerprint density at radius 2 is 1.80 bits per heavy atom. The van der Waals surface area contributed by atoms with Crippen molar-refractivity contribution in [3.05, 3.63) is 41.7 Å². The van der Waals surface area contributed by atoms with Gasteiger partial charge in [0.2, 0.25) is 0 Å². The van der Waals surface area contributed by atoms with Gasteiger partial charge in [-0.05, 0) is 12.5 Å². The van der Waals surface area contributed by atoms with Crippen molar-refractivity contribution in [1.29, 1.82) is 0 Å². The predicted molar refractivity (Wildman–Crippen MR) is 58.2 cm³/mol. The van der Waals surface area contributed by atoms with Gasteiger partial charge in [-0.15, -0.1) is 0 Å². The van der Waals surface area contributed by atoms with Crippen molar-refractivity contribution in [2.24, 2.45) is 0 Å². The summed E-state index contributed by atoms with van der Waals surface area (Å²) in [6.07, 6.45) is 1.39. The molecule has 3 heteroatoms. The molecule has 0 N–H and O–H groups in total. The fraction of sp³-hybridized carbons (Fsp3) is 0.250. The molecule has 1 aromatic carbocycles. The van der Waals surface area contributed by atoms with E-state index in [0.717, 1.165) is 11.1 Å². The molecule has 0 amide bonds. The van der Waals surface area contributed by atoms with Gasteiger partial charge >= 0.3 is 5.97 Å². The number of rotatable bonds is 3. The Bertz CT molecular complexity index is 363. The van der Waals surface area contributed by atoms with E-state index in [2.05, 4.69) is 4.74 Å². The first-order chi connectivity index (χ1) is 7.19. The second-order valence-electron chi connectivity index (χ2n) is 3.12. The van der Waals surface area contributed by atoms with Gasteiger partial charge in [0.1, 0.15) is 5.57 Å². The standard InChI is InChI=1S/C12H14O3/c1-9-4-6-10(7-5-9)11(8-14-2)12(13)15-3/h4-8H,1-3H3. The molecule has 0 unspecified atom stereocenters. The highest BCUT2D eigenvalue weighted by atomic mass is 16.5. The van der Waals surface area contributed by atoms with Crippen molar-refractivity contribution in [3.63, 3.8) is 0 Å². The van der Waals surface area contributed by atoms with E-state index in [1.165, 1.54) is 20.5 Å². The van der Waals surface area contributed by atoms with Crippen LogP contribution in [0.2, 0.25) is 0 Å². The third kappa shape index (κ3) is 2.84. The second kappa shape index (κ2) is 5.20. The molecule has 0 heterocycles. The van der Waals surface area contributed by atoms with E-state index in [1.54, 1.807) is 0 Å². The van der Waals surface area contributed by atoms with Gasteiger partial charge in [-0.3, -0.25) is 0 Å². The summed E-state index contributed by atoms with van der Waals surface area (Å²) >= 11 is 0. The zero-order valence-corrected chi connectivity index (χ0v) is 9.11. The minimum atomic E-state index is -0.402. The average Bonchev–Trinajstić information content (AvgIpc) is 2.26. The lowest BCUT2D eigenvalue weighted by Crippen LogP contribution is -2.04. The SMILES string of the molecule is COC=C(C(=O)OC)c1ccc(C)cc1. The summed E-state index contributed by atoms with van der Waals surface area (Å²) in [5.74, 6) is -0.402. The Labute approximate surface area is 89.3 Å². The maximum atomic E-state index is 11.4. The fourth-order valence-electron chi connectivity index (χ4n) is 1.19. The van der Waals surface area contributed by atoms with Gasteiger partial charge in [0, 0.05) is 0 Å². The van der Waals surface area contributed by atoms with Crippen molar-refractivity contribution < 1.29 is 14.3 Å². The molecule has 0 bridgehead atoms. The van der Waals surface area contributed by atoms with Crippen LogP contribution in [0.3, 0.4) is 0 Å². The third-order valence-electron chi connectivity index (χ3n) is 2.00. The van der Waals surface area contributed by atoms with E-state index in [-0.39, 0.29) is 0 Å². The molecule has 0 saturated carbocycles. The van der Waals surface area contributed by atoms with Crippen molar-refractivity contribution in [3.8, 4) is 0 Å². The van der Waals surface area contributed by atoms with E-state index in [0.29, 0.717) is 5.57 Å². The number of esters is 1. The van der Waals surface area contributed by atoms with Gasteiger partial charge in [0.15, 0.2) is 0 Å². The summed E-state index contributed by atoms with van der Waals surface area (Å²) in [6, 6.07) is 7.58. The van der Waals surface area contributed by atoms with Crippen LogP contribution < -0.4 is 0 Å². The van der Waals surface area contributed by atoms with Crippen LogP contribution in [-0.2, 0) is 14.3 Å². The molecule has 1 rings (SSSR count). The van der Waals surface area contributed by atoms with Crippen molar-refractivity contribution in [2.45, 2.75) is 6.92 Å². The van der Waals surface area contributed by atoms with Gasteiger partial charge in [-0.2, -0.15) is 0 Å². The molecule has 0 fully saturated rings. The van der Waals surface area contributed by atoms with Crippen LogP contribution in [0.15, 0.2) is 30.5 Å². The van der Waals surface area contributed by atoms with Crippen molar-refractivity contribution >= 4 is 11.5 Å². The third-order valence-corrected chi connectivity index (χ3v) is 2.00. The van der Waals surface area contributed by atoms with Crippen LogP contribution in [0, 0.1) is 6.92 Å². The smallest absolute Gasteiger partial charge is 0.341 e. The number of hydrogen-bond acceptors (Lipinski definition) is 3. The molecule has 80 valence electrons. The molecule has 15 heavy (non-hydrogen) atoms. The van der Waals surface area contributed by atoms with E-state index in [9.17, 15) is 4.79 Å². The summed E-state index contributed by atoms with van der Waals surface area (Å²) in [4.78, 5) is 11.4. The molecule has 0 aliphatic rings. The van der Waals surface area contributed by atoms with Crippen LogP contribution in [-0.4, -0.2) is 20.2 Å². The van der Waals surface area contributed by atoms with E-state index < -0.39 is 5.97 Å². The maximum Gasteiger partial charge on any atom is 0.341 e. The van der Waals surface area contributed by atoms with Gasteiger partial charge < -0.3 is 9.47 Å². The van der Waals surface area contributed by atoms with E-state index in [1.807, 2.05) is 31.2 Å². The van der Waals surface area contributed by atoms with Crippen LogP contribution >= 0.6 is 0 Å². The first-order valence-electron chi connectivity index (χ1n) is 4.57. The highest BCUT2D eigenvalue weighted by Crippen LogP contribution is 2.16. The van der Waals surface area contributed by atoms with E-state index >= 15 is 0 Å². The summed E-state index contributed by atoms with van der Waals surface area (Å²) in [7, 11) is 2.84. The quantitative estimate of drug-likeness (QED) is 0.432. The molecule has 3 nitrogen and oxygen atoms in total. The first-order valence-corrected chi connectivity index (χ1v) is 4.57. The maximum absolute atomic E-state index is 11.4. The lowest BCUT2D eigenvalue weighted by molar-refractivity contribution is -0.133. The fourth-order valence-corrected chi connectivity index (χ4v) is 1.19. The van der Waals surface area contributed by atoms with Crippen LogP contribution in [0.1, 0.15) is 11.1 Å². The number of hydrogen-bond donors (Lipinski definition) is 0. The Balaban J connectivity index is 3.05. The van der Waals surface area contributed by atoms with Gasteiger partial charge in [-0.25, -0.2) is 4.79 Å². The minimum absolute atomic E-state index is 0.402. The Morgan fingerprint density at radius 3 is 2.27 bits per heavy atom. The van der Waals surface area contributed by atoms with Gasteiger partial charge in [-0.1, -0.05) is 29.8 Å². The van der Waals surface area contributed by atoms with E-state index in [4.69, 9.17) is 4.74 Å². The van der Waals surface area contributed by atoms with Crippen LogP contribution in [0.5, 0.6) is 0 Å². The number of benzene rings is 1. The highest BCUT2D eigenvalue weighted by molar-refractivity contribution is 6.16. The summed E-state index contributed by atoms with van der Waals surface area (Å²) in [5.41, 5.74) is 2.34. The number of carbonyl (C=O) groups is 1. The van der Waals surface area contributed by atoms with Gasteiger partial charge in [0.25, 0.3) is 0 Å². The van der Waals surface area contributed by atoms with Crippen molar-refractivity contribution in [2.75, 3.05) is 14.2 Å². The molecule has 0 aliphatic carbocycles. The molecule has 0 aliphatic heterocycles. The van der Waals surface area contributed by atoms with Crippen LogP contribution in [0.25, 0.3) is 5.57 Å². The molecule has 0 spiro atoms. The largest absolute Gasteiger partial charge is 0.503 e. The average molecular weight is 206 g/mol. The topological polar surface area (TPSA) is 35.5 Å². The second-order valence-corrected chi connectivity index (χ2v) is 3.12. The number of methoxy groups -OCH3 is 2. The molecule has 0 aromatic heterocycles. The minimum Gasteiger partial charge on any atom is -0.503 e. The Kier molecular flexibility index (Phi) is 3.92. The summed E-state index contributed by atoms with van der Waals surface area (Å²) in [6.45, 7) is 1.99. The molecule has 0 atom stereocenters. The lowest BCUT2D eigenvalue weighted by atomic mass is 10.1. The number of aryl methyl sites for hydroxylation is 1. The van der Waals surface area contributed by atoms with Gasteiger partial charge in [0.05, 0.1) is 20.5 Å². The Morgan fingerprint density at radius 1 is 1.20 bits per heavy atom. The van der Waals surface area contributed by atoms with Crippen LogP contribution in [0.4, 0.5) is 0 Å². The van der Waals surface area contributed by atoms with Crippen molar-refractivity contribution in [1.82, 2.24) is 0 Å². The molecule has 0 saturated heterocycles. The molecular formula is C12H14O3. The lowest BCUT2D eigenvalue weighted by Gasteiger charge is -2.05. The predicted octanol–water partition coefficient (Wildman–Crippen LogP) is 2.16. The normalized spacial score (nSPS) is 11.0. The Hall–Kier alpha value is -1.77. The number of carbonyl (C=O) groups excluding carboxylic acids is 1. The number of ether oxygens (including phenoxy) is 2. The summed E-state index contributed by atoms with van der Waals surface area (Å²) in [5, 5.41) is 0. The molecule has 0 radical (unpaired) electrons. The highest BCUT2D eigenvalue weighted by Gasteiger charge is 2.12. The summed E-state index contributed by atoms with van der Waals surface area (Å²) < 4.78 is 9.51.